The van der Waals surface area contributed by atoms with E-state index in [-0.39, 0.29) is 12.1 Å². The van der Waals surface area contributed by atoms with Gasteiger partial charge in [-0.15, -0.1) is 0 Å². The first-order valence-corrected chi connectivity index (χ1v) is 5.66. The molecule has 1 aromatic heterocycles. The topological polar surface area (TPSA) is 75.1 Å². The summed E-state index contributed by atoms with van der Waals surface area (Å²) in [5, 5.41) is 19.4. The number of nitrogens with one attached hydrogen (secondary N) is 1. The second-order valence-corrected chi connectivity index (χ2v) is 3.88. The summed E-state index contributed by atoms with van der Waals surface area (Å²) in [7, 11) is 0. The molecule has 0 radical (unpaired) electrons. The van der Waals surface area contributed by atoms with Gasteiger partial charge in [0.1, 0.15) is 5.82 Å². The Morgan fingerprint density at radius 3 is 2.79 bits per heavy atom. The van der Waals surface area contributed by atoms with Crippen molar-refractivity contribution in [3.8, 4) is 0 Å². The Morgan fingerprint density at radius 1 is 1.32 bits per heavy atom. The zero-order valence-corrected chi connectivity index (χ0v) is 9.95. The average molecular weight is 261 g/mol. The highest BCUT2D eigenvalue weighted by Crippen LogP contribution is 2.15. The standard InChI is InChI=1S/C13H12FN3O2/c14-11-4-2-1-3-10(11)12(18)8-15-13(19)9-5-6-16-17-7-9/h1-7,12,18H,8H2,(H,15,19). The van der Waals surface area contributed by atoms with Crippen molar-refractivity contribution in [1.29, 1.82) is 0 Å². The number of benzene rings is 1. The molecule has 0 aliphatic carbocycles. The molecule has 1 unspecified atom stereocenters. The number of amides is 1. The van der Waals surface area contributed by atoms with Crippen LogP contribution in [0, 0.1) is 5.82 Å². The maximum absolute atomic E-state index is 13.4. The van der Waals surface area contributed by atoms with Crippen LogP contribution in [0.2, 0.25) is 0 Å². The minimum Gasteiger partial charge on any atom is -0.386 e. The molecule has 0 fully saturated rings. The van der Waals surface area contributed by atoms with Gasteiger partial charge in [-0.25, -0.2) is 4.39 Å². The van der Waals surface area contributed by atoms with Gasteiger partial charge in [0, 0.05) is 12.1 Å². The van der Waals surface area contributed by atoms with Crippen molar-refractivity contribution in [2.45, 2.75) is 6.10 Å². The van der Waals surface area contributed by atoms with Gasteiger partial charge >= 0.3 is 0 Å². The number of aliphatic hydroxyl groups is 1. The first-order valence-electron chi connectivity index (χ1n) is 5.66. The molecule has 1 heterocycles. The van der Waals surface area contributed by atoms with Crippen LogP contribution in [-0.4, -0.2) is 27.8 Å². The number of aromatic nitrogens is 2. The monoisotopic (exact) mass is 261 g/mol. The normalized spacial score (nSPS) is 11.9. The summed E-state index contributed by atoms with van der Waals surface area (Å²) in [5.74, 6) is -0.903. The zero-order valence-electron chi connectivity index (χ0n) is 9.95. The number of halogens is 1. The molecule has 0 spiro atoms. The molecule has 98 valence electrons. The number of rotatable bonds is 4. The third-order valence-electron chi connectivity index (χ3n) is 2.57. The molecule has 6 heteroatoms. The van der Waals surface area contributed by atoms with Crippen LogP contribution in [0.15, 0.2) is 42.7 Å². The Hall–Kier alpha value is -2.34. The van der Waals surface area contributed by atoms with Gasteiger partial charge in [-0.2, -0.15) is 10.2 Å². The van der Waals surface area contributed by atoms with Gasteiger partial charge in [0.15, 0.2) is 0 Å². The lowest BCUT2D eigenvalue weighted by molar-refractivity contribution is 0.0913. The first kappa shape index (κ1) is 13.1. The summed E-state index contributed by atoms with van der Waals surface area (Å²) in [6.07, 6.45) is 1.60. The molecule has 2 rings (SSSR count). The largest absolute Gasteiger partial charge is 0.386 e. The lowest BCUT2D eigenvalue weighted by atomic mass is 10.1. The van der Waals surface area contributed by atoms with Crippen LogP contribution in [0.3, 0.4) is 0 Å². The molecule has 2 aromatic rings. The van der Waals surface area contributed by atoms with Gasteiger partial charge in [-0.1, -0.05) is 18.2 Å². The van der Waals surface area contributed by atoms with E-state index in [1.54, 1.807) is 6.07 Å². The zero-order chi connectivity index (χ0) is 13.7. The Morgan fingerprint density at radius 2 is 2.11 bits per heavy atom. The fraction of sp³-hybridized carbons (Fsp3) is 0.154. The van der Waals surface area contributed by atoms with E-state index >= 15 is 0 Å². The number of nitrogens with zero attached hydrogens (tertiary/aromatic N) is 2. The van der Waals surface area contributed by atoms with Gasteiger partial charge in [-0.05, 0) is 12.1 Å². The molecular formula is C13H12FN3O2. The molecule has 1 aromatic carbocycles. The van der Waals surface area contributed by atoms with Gasteiger partial charge in [0.2, 0.25) is 0 Å². The van der Waals surface area contributed by atoms with Crippen LogP contribution in [0.1, 0.15) is 22.0 Å². The molecule has 1 amide bonds. The molecule has 0 aliphatic rings. The summed E-state index contributed by atoms with van der Waals surface area (Å²) in [6.45, 7) is -0.0813. The summed E-state index contributed by atoms with van der Waals surface area (Å²) >= 11 is 0. The molecule has 0 bridgehead atoms. The maximum atomic E-state index is 13.4. The third-order valence-corrected chi connectivity index (χ3v) is 2.57. The lowest BCUT2D eigenvalue weighted by Gasteiger charge is -2.12. The third kappa shape index (κ3) is 3.32. The SMILES string of the molecule is O=C(NCC(O)c1ccccc1F)c1ccnnc1. The number of aliphatic hydroxyl groups excluding tert-OH is 1. The van der Waals surface area contributed by atoms with Crippen molar-refractivity contribution < 1.29 is 14.3 Å². The van der Waals surface area contributed by atoms with E-state index in [2.05, 4.69) is 15.5 Å². The Balaban J connectivity index is 1.96. The van der Waals surface area contributed by atoms with E-state index in [0.29, 0.717) is 5.56 Å². The first-order chi connectivity index (χ1) is 9.18. The van der Waals surface area contributed by atoms with E-state index < -0.39 is 17.8 Å². The van der Waals surface area contributed by atoms with Crippen molar-refractivity contribution >= 4 is 5.91 Å². The van der Waals surface area contributed by atoms with Gasteiger partial charge in [-0.3, -0.25) is 4.79 Å². The van der Waals surface area contributed by atoms with Crippen LogP contribution < -0.4 is 5.32 Å². The van der Waals surface area contributed by atoms with Crippen LogP contribution in [0.4, 0.5) is 4.39 Å². The molecule has 5 nitrogen and oxygen atoms in total. The van der Waals surface area contributed by atoms with E-state index in [1.165, 1.54) is 36.7 Å². The van der Waals surface area contributed by atoms with Crippen molar-refractivity contribution in [3.63, 3.8) is 0 Å². The molecule has 1 atom stereocenters. The highest BCUT2D eigenvalue weighted by molar-refractivity contribution is 5.93. The lowest BCUT2D eigenvalue weighted by Crippen LogP contribution is -2.28. The van der Waals surface area contributed by atoms with Gasteiger partial charge in [0.05, 0.1) is 24.1 Å². The summed E-state index contributed by atoms with van der Waals surface area (Å²) in [6, 6.07) is 7.38. The van der Waals surface area contributed by atoms with E-state index in [1.807, 2.05) is 0 Å². The molecule has 0 saturated heterocycles. The molecular weight excluding hydrogens is 249 g/mol. The second-order valence-electron chi connectivity index (χ2n) is 3.88. The fourth-order valence-electron chi connectivity index (χ4n) is 1.57. The minimum atomic E-state index is -1.10. The van der Waals surface area contributed by atoms with Crippen molar-refractivity contribution in [2.75, 3.05) is 6.54 Å². The Labute approximate surface area is 109 Å². The van der Waals surface area contributed by atoms with Crippen molar-refractivity contribution in [1.82, 2.24) is 15.5 Å². The number of carbonyl (C=O) groups is 1. The van der Waals surface area contributed by atoms with E-state index in [4.69, 9.17) is 0 Å². The van der Waals surface area contributed by atoms with Crippen LogP contribution in [0.5, 0.6) is 0 Å². The van der Waals surface area contributed by atoms with Gasteiger partial charge in [0.25, 0.3) is 5.91 Å². The molecule has 19 heavy (non-hydrogen) atoms. The van der Waals surface area contributed by atoms with Crippen molar-refractivity contribution in [2.24, 2.45) is 0 Å². The minimum absolute atomic E-state index is 0.0813. The smallest absolute Gasteiger partial charge is 0.253 e. The predicted molar refractivity (Wildman–Crippen MR) is 65.7 cm³/mol. The van der Waals surface area contributed by atoms with E-state index in [9.17, 15) is 14.3 Å². The fourth-order valence-corrected chi connectivity index (χ4v) is 1.57. The van der Waals surface area contributed by atoms with Crippen molar-refractivity contribution in [3.05, 3.63) is 59.7 Å². The number of hydrogen-bond acceptors (Lipinski definition) is 4. The highest BCUT2D eigenvalue weighted by Gasteiger charge is 2.14. The molecule has 2 N–H and O–H groups in total. The van der Waals surface area contributed by atoms with Crippen LogP contribution >= 0.6 is 0 Å². The number of hydrogen-bond donors (Lipinski definition) is 2. The quantitative estimate of drug-likeness (QED) is 0.863. The predicted octanol–water partition coefficient (Wildman–Crippen LogP) is 1.08. The Bertz CT molecular complexity index is 563. The summed E-state index contributed by atoms with van der Waals surface area (Å²) in [5.41, 5.74) is 0.478. The highest BCUT2D eigenvalue weighted by atomic mass is 19.1. The van der Waals surface area contributed by atoms with Crippen LogP contribution in [0.25, 0.3) is 0 Å². The Kier molecular flexibility index (Phi) is 4.15. The molecule has 0 aliphatic heterocycles. The van der Waals surface area contributed by atoms with Crippen LogP contribution in [-0.2, 0) is 0 Å². The van der Waals surface area contributed by atoms with Gasteiger partial charge < -0.3 is 10.4 Å². The van der Waals surface area contributed by atoms with E-state index in [0.717, 1.165) is 0 Å². The average Bonchev–Trinajstić information content (AvgIpc) is 2.46. The summed E-state index contributed by atoms with van der Waals surface area (Å²) in [4.78, 5) is 11.7. The second kappa shape index (κ2) is 6.01. The summed E-state index contributed by atoms with van der Waals surface area (Å²) < 4.78 is 13.4. The molecule has 0 saturated carbocycles. The number of carbonyl (C=O) groups excluding carboxylic acids is 1. The maximum Gasteiger partial charge on any atom is 0.253 e.